The fraction of sp³-hybridized carbons (Fsp3) is 0.857. The molecule has 2 fully saturated rings. The van der Waals surface area contributed by atoms with Crippen molar-refractivity contribution in [3.05, 3.63) is 16.4 Å². The molecule has 9 heteroatoms. The molecule has 0 bridgehead atoms. The number of aliphatic hydroxyl groups excluding tert-OH is 2. The first-order chi connectivity index (χ1) is 7.45. The summed E-state index contributed by atoms with van der Waals surface area (Å²) in [6.45, 7) is -0.525. The zero-order valence-corrected chi connectivity index (χ0v) is 7.98. The van der Waals surface area contributed by atoms with Gasteiger partial charge in [-0.3, -0.25) is 4.84 Å². The van der Waals surface area contributed by atoms with Crippen LogP contribution in [0.15, 0.2) is 0 Å². The smallest absolute Gasteiger partial charge is 0.305 e. The Morgan fingerprint density at radius 2 is 2.25 bits per heavy atom. The lowest BCUT2D eigenvalue weighted by atomic mass is 9.95. The lowest BCUT2D eigenvalue weighted by Crippen LogP contribution is -2.50. The van der Waals surface area contributed by atoms with Gasteiger partial charge < -0.3 is 24.8 Å². The van der Waals surface area contributed by atoms with Crippen LogP contribution in [0.4, 0.5) is 0 Å². The second kappa shape index (κ2) is 3.79. The van der Waals surface area contributed by atoms with Crippen LogP contribution < -0.4 is 0 Å². The van der Waals surface area contributed by atoms with E-state index in [1.807, 2.05) is 0 Å². The van der Waals surface area contributed by atoms with Crippen molar-refractivity contribution in [2.24, 2.45) is 0 Å². The van der Waals surface area contributed by atoms with Gasteiger partial charge >= 0.3 is 6.29 Å². The zero-order chi connectivity index (χ0) is 11.9. The monoisotopic (exact) mass is 236 g/mol. The second-order valence-electron chi connectivity index (χ2n) is 3.64. The molecule has 4 atom stereocenters. The Labute approximate surface area is 89.2 Å². The highest BCUT2D eigenvalue weighted by Gasteiger charge is 2.61. The normalized spacial score (nSPS) is 42.4. The number of ether oxygens (including phenoxy) is 2. The standard InChI is InChI=1S/C7H10NO8/c9-3-1-14-5-4(3)15-2-7(5,11)6(10)16-8(12)13/h3-5,9-11H,1-2H2/t3-,4+,5-,7-/m0/s1. The van der Waals surface area contributed by atoms with Gasteiger partial charge in [-0.2, -0.15) is 0 Å². The molecule has 0 aliphatic carbocycles. The van der Waals surface area contributed by atoms with E-state index in [0.717, 1.165) is 0 Å². The zero-order valence-electron chi connectivity index (χ0n) is 7.98. The van der Waals surface area contributed by atoms with Crippen LogP contribution in [0.5, 0.6) is 0 Å². The Balaban J connectivity index is 2.11. The average molecular weight is 236 g/mol. The van der Waals surface area contributed by atoms with Crippen molar-refractivity contribution in [3.8, 4) is 0 Å². The maximum Gasteiger partial charge on any atom is 0.305 e. The van der Waals surface area contributed by atoms with Crippen LogP contribution in [-0.4, -0.2) is 57.5 Å². The van der Waals surface area contributed by atoms with Crippen molar-refractivity contribution >= 4 is 0 Å². The van der Waals surface area contributed by atoms with E-state index in [1.165, 1.54) is 0 Å². The van der Waals surface area contributed by atoms with Gasteiger partial charge in [-0.25, -0.2) is 0 Å². The molecule has 0 amide bonds. The number of hydrogen-bond acceptors (Lipinski definition) is 8. The molecule has 9 nitrogen and oxygen atoms in total. The average Bonchev–Trinajstić information content (AvgIpc) is 2.70. The fourth-order valence-electron chi connectivity index (χ4n) is 1.84. The summed E-state index contributed by atoms with van der Waals surface area (Å²) in [4.78, 5) is 13.8. The summed E-state index contributed by atoms with van der Waals surface area (Å²) in [5.41, 5.74) is -2.13. The molecule has 2 heterocycles. The summed E-state index contributed by atoms with van der Waals surface area (Å²) in [5, 5.41) is 37.3. The number of aliphatic hydroxyl groups is 3. The molecule has 16 heavy (non-hydrogen) atoms. The van der Waals surface area contributed by atoms with E-state index in [1.54, 1.807) is 0 Å². The van der Waals surface area contributed by atoms with E-state index in [0.29, 0.717) is 0 Å². The van der Waals surface area contributed by atoms with Crippen molar-refractivity contribution in [1.82, 2.24) is 0 Å². The van der Waals surface area contributed by atoms with Crippen molar-refractivity contribution < 1.29 is 34.7 Å². The highest BCUT2D eigenvalue weighted by atomic mass is 17.0. The minimum absolute atomic E-state index is 0.0800. The highest BCUT2D eigenvalue weighted by molar-refractivity contribution is 5.10. The van der Waals surface area contributed by atoms with Crippen LogP contribution in [0.2, 0.25) is 0 Å². The summed E-state index contributed by atoms with van der Waals surface area (Å²) in [6.07, 6.45) is -4.06. The van der Waals surface area contributed by atoms with Gasteiger partial charge in [0.15, 0.2) is 5.60 Å². The van der Waals surface area contributed by atoms with Crippen LogP contribution in [0.1, 0.15) is 0 Å². The maximum atomic E-state index is 10.0. The molecule has 0 aromatic rings. The quantitative estimate of drug-likeness (QED) is 0.376. The molecule has 1 radical (unpaired) electrons. The molecule has 2 aliphatic rings. The molecule has 2 saturated heterocycles. The SMILES string of the molecule is O=[N+]([O-])O[C](O)[C@]1(O)CO[C@@H]2[C@@H](O)CO[C@@H]21. The minimum atomic E-state index is -2.13. The third-order valence-corrected chi connectivity index (χ3v) is 2.62. The Bertz CT molecular complexity index is 298. The van der Waals surface area contributed by atoms with Gasteiger partial charge in [-0.1, -0.05) is 0 Å². The van der Waals surface area contributed by atoms with E-state index in [9.17, 15) is 25.4 Å². The molecule has 91 valence electrons. The molecule has 0 spiro atoms. The van der Waals surface area contributed by atoms with E-state index in [-0.39, 0.29) is 6.61 Å². The largest absolute Gasteiger partial charge is 0.388 e. The molecule has 2 rings (SSSR count). The maximum absolute atomic E-state index is 10.0. The summed E-state index contributed by atoms with van der Waals surface area (Å²) < 4.78 is 10.00. The summed E-state index contributed by atoms with van der Waals surface area (Å²) >= 11 is 0. The summed E-state index contributed by atoms with van der Waals surface area (Å²) in [7, 11) is 0. The van der Waals surface area contributed by atoms with Crippen LogP contribution >= 0.6 is 0 Å². The van der Waals surface area contributed by atoms with Gasteiger partial charge in [0, 0.05) is 0 Å². The highest BCUT2D eigenvalue weighted by Crippen LogP contribution is 2.39. The second-order valence-corrected chi connectivity index (χ2v) is 3.64. The van der Waals surface area contributed by atoms with Crippen LogP contribution in [0.25, 0.3) is 0 Å². The van der Waals surface area contributed by atoms with E-state index >= 15 is 0 Å². The molecule has 3 N–H and O–H groups in total. The van der Waals surface area contributed by atoms with Gasteiger partial charge in [0.25, 0.3) is 5.09 Å². The third kappa shape index (κ3) is 1.62. The van der Waals surface area contributed by atoms with Gasteiger partial charge in [0.1, 0.15) is 18.3 Å². The molecular formula is C7H10NO8. The molecule has 0 unspecified atom stereocenters. The first kappa shape index (κ1) is 11.5. The topological polar surface area (TPSA) is 132 Å². The predicted molar refractivity (Wildman–Crippen MR) is 43.7 cm³/mol. The molecular weight excluding hydrogens is 226 g/mol. The first-order valence-electron chi connectivity index (χ1n) is 4.47. The number of rotatable bonds is 3. The Morgan fingerprint density at radius 3 is 2.88 bits per heavy atom. The van der Waals surface area contributed by atoms with Crippen LogP contribution in [0.3, 0.4) is 0 Å². The van der Waals surface area contributed by atoms with Gasteiger partial charge in [-0.05, 0) is 0 Å². The van der Waals surface area contributed by atoms with Gasteiger partial charge in [0.05, 0.1) is 13.2 Å². The van der Waals surface area contributed by atoms with E-state index < -0.39 is 41.9 Å². The Kier molecular flexibility index (Phi) is 2.72. The first-order valence-corrected chi connectivity index (χ1v) is 4.47. The lowest BCUT2D eigenvalue weighted by Gasteiger charge is -2.28. The van der Waals surface area contributed by atoms with Crippen molar-refractivity contribution in [3.63, 3.8) is 0 Å². The minimum Gasteiger partial charge on any atom is -0.388 e. The van der Waals surface area contributed by atoms with Crippen LogP contribution in [0, 0.1) is 16.4 Å². The Morgan fingerprint density at radius 1 is 1.56 bits per heavy atom. The van der Waals surface area contributed by atoms with E-state index in [4.69, 9.17) is 9.47 Å². The van der Waals surface area contributed by atoms with Gasteiger partial charge in [0.2, 0.25) is 0 Å². The van der Waals surface area contributed by atoms with Crippen molar-refractivity contribution in [1.29, 1.82) is 0 Å². The molecule has 0 saturated carbocycles. The number of fused-ring (bicyclic) bond motifs is 1. The van der Waals surface area contributed by atoms with Gasteiger partial charge in [-0.15, -0.1) is 10.1 Å². The summed E-state index contributed by atoms with van der Waals surface area (Å²) in [6, 6.07) is 0. The molecule has 2 aliphatic heterocycles. The third-order valence-electron chi connectivity index (χ3n) is 2.62. The molecule has 0 aromatic carbocycles. The number of nitrogens with zero attached hydrogens (tertiary/aromatic N) is 1. The van der Waals surface area contributed by atoms with Crippen molar-refractivity contribution in [2.45, 2.75) is 23.9 Å². The molecule has 0 aromatic heterocycles. The van der Waals surface area contributed by atoms with E-state index in [2.05, 4.69) is 4.84 Å². The summed E-state index contributed by atoms with van der Waals surface area (Å²) in [5.74, 6) is 0. The fourth-order valence-corrected chi connectivity index (χ4v) is 1.84. The lowest BCUT2D eigenvalue weighted by molar-refractivity contribution is -0.765. The van der Waals surface area contributed by atoms with Crippen molar-refractivity contribution in [2.75, 3.05) is 13.2 Å². The Hall–Kier alpha value is -1.00. The predicted octanol–water partition coefficient (Wildman–Crippen LogP) is -2.05. The number of hydrogen-bond donors (Lipinski definition) is 3. The van der Waals surface area contributed by atoms with Crippen LogP contribution in [-0.2, 0) is 14.3 Å².